The van der Waals surface area contributed by atoms with Crippen LogP contribution in [0.3, 0.4) is 0 Å². The number of hydrogen-bond donors (Lipinski definition) is 1. The number of esters is 1. The zero-order valence-corrected chi connectivity index (χ0v) is 16.1. The zero-order valence-electron chi connectivity index (χ0n) is 13.8. The third-order valence-electron chi connectivity index (χ3n) is 3.62. The third-order valence-corrected chi connectivity index (χ3v) is 4.63. The molecule has 0 atom stereocenters. The van der Waals surface area contributed by atoms with Gasteiger partial charge in [-0.1, -0.05) is 23.7 Å². The number of nitrogens with zero attached hydrogens (tertiary/aromatic N) is 1. The summed E-state index contributed by atoms with van der Waals surface area (Å²) in [6, 6.07) is 7.01. The predicted molar refractivity (Wildman–Crippen MR) is 99.0 cm³/mol. The van der Waals surface area contributed by atoms with Crippen LogP contribution in [0.25, 0.3) is 11.3 Å². The number of rotatable bonds is 6. The van der Waals surface area contributed by atoms with Crippen LogP contribution in [0, 0.1) is 6.92 Å². The number of Topliss-reactive ketones (excluding diaryl/α,β-unsaturated/α-hetero) is 1. The molecule has 0 amide bonds. The lowest BCUT2D eigenvalue weighted by Gasteiger charge is -2.11. The maximum Gasteiger partial charge on any atom is 0.306 e. The number of carbonyl (C=O) groups is 2. The highest BCUT2D eigenvalue weighted by atomic mass is 79.9. The van der Waals surface area contributed by atoms with Gasteiger partial charge in [-0.25, -0.2) is 4.98 Å². The van der Waals surface area contributed by atoms with E-state index in [9.17, 15) is 14.7 Å². The third kappa shape index (κ3) is 4.58. The molecule has 0 aliphatic heterocycles. The first-order valence-corrected chi connectivity index (χ1v) is 8.86. The Bertz CT molecular complexity index is 823. The van der Waals surface area contributed by atoms with Gasteiger partial charge in [0.15, 0.2) is 11.5 Å². The van der Waals surface area contributed by atoms with E-state index in [0.29, 0.717) is 15.2 Å². The van der Waals surface area contributed by atoms with Crippen molar-refractivity contribution in [1.82, 2.24) is 4.98 Å². The Morgan fingerprint density at radius 1 is 1.32 bits per heavy atom. The van der Waals surface area contributed by atoms with Gasteiger partial charge in [-0.05, 0) is 47.5 Å². The van der Waals surface area contributed by atoms with E-state index < -0.39 is 11.8 Å². The van der Waals surface area contributed by atoms with Gasteiger partial charge >= 0.3 is 5.97 Å². The van der Waals surface area contributed by atoms with Crippen molar-refractivity contribution < 1.29 is 19.4 Å². The maximum atomic E-state index is 12.4. The fourth-order valence-corrected chi connectivity index (χ4v) is 2.87. The molecule has 0 bridgehead atoms. The average Bonchev–Trinajstić information content (AvgIpc) is 2.58. The van der Waals surface area contributed by atoms with E-state index in [0.717, 1.165) is 11.1 Å². The average molecular weight is 427 g/mol. The molecule has 0 saturated carbocycles. The highest BCUT2D eigenvalue weighted by molar-refractivity contribution is 9.10. The second-order valence-corrected chi connectivity index (χ2v) is 6.59. The first kappa shape index (κ1) is 19.4. The Labute approximate surface area is 159 Å². The van der Waals surface area contributed by atoms with E-state index in [4.69, 9.17) is 16.3 Å². The molecule has 5 nitrogen and oxygen atoms in total. The summed E-state index contributed by atoms with van der Waals surface area (Å²) in [7, 11) is 0. The lowest BCUT2D eigenvalue weighted by Crippen LogP contribution is -2.10. The van der Waals surface area contributed by atoms with Crippen LogP contribution < -0.4 is 0 Å². The molecule has 7 heteroatoms. The normalized spacial score (nSPS) is 10.6. The van der Waals surface area contributed by atoms with Gasteiger partial charge in [0, 0.05) is 17.0 Å². The van der Waals surface area contributed by atoms with E-state index in [1.807, 2.05) is 13.0 Å². The molecule has 25 heavy (non-hydrogen) atoms. The molecule has 0 saturated heterocycles. The van der Waals surface area contributed by atoms with Gasteiger partial charge in [-0.3, -0.25) is 9.59 Å². The van der Waals surface area contributed by atoms with Crippen LogP contribution in [0.4, 0.5) is 0 Å². The van der Waals surface area contributed by atoms with Crippen molar-refractivity contribution in [2.75, 3.05) is 6.61 Å². The summed E-state index contributed by atoms with van der Waals surface area (Å²) in [5, 5.41) is 10.7. The molecule has 1 aromatic heterocycles. The first-order chi connectivity index (χ1) is 11.8. The lowest BCUT2D eigenvalue weighted by molar-refractivity contribution is -0.143. The van der Waals surface area contributed by atoms with Crippen LogP contribution in [0.15, 0.2) is 28.7 Å². The standard InChI is InChI=1S/C18H17BrClNO4/c1-3-25-16(23)8-7-15(22)17-18(24)12(19)9-14(21-17)11-5-4-6-13(20)10(11)2/h4-6,9,24H,3,7-8H2,1-2H3. The SMILES string of the molecule is CCOC(=O)CCC(=O)c1nc(-c2cccc(Cl)c2C)cc(Br)c1O. The lowest BCUT2D eigenvalue weighted by atomic mass is 10.0. The van der Waals surface area contributed by atoms with Crippen LogP contribution in [-0.2, 0) is 9.53 Å². The van der Waals surface area contributed by atoms with Gasteiger partial charge in [-0.15, -0.1) is 0 Å². The summed E-state index contributed by atoms with van der Waals surface area (Å²) in [4.78, 5) is 28.1. The number of aromatic hydroxyl groups is 1. The molecular formula is C18H17BrClNO4. The monoisotopic (exact) mass is 425 g/mol. The first-order valence-electron chi connectivity index (χ1n) is 7.69. The van der Waals surface area contributed by atoms with Crippen molar-refractivity contribution in [3.63, 3.8) is 0 Å². The van der Waals surface area contributed by atoms with E-state index in [1.54, 1.807) is 25.1 Å². The van der Waals surface area contributed by atoms with Crippen molar-refractivity contribution in [2.24, 2.45) is 0 Å². The summed E-state index contributed by atoms with van der Waals surface area (Å²) in [5.41, 5.74) is 1.99. The molecule has 0 aliphatic carbocycles. The minimum atomic E-state index is -0.462. The Hall–Kier alpha value is -1.92. The van der Waals surface area contributed by atoms with Crippen molar-refractivity contribution in [3.8, 4) is 17.0 Å². The largest absolute Gasteiger partial charge is 0.504 e. The summed E-state index contributed by atoms with van der Waals surface area (Å²) < 4.78 is 5.15. The van der Waals surface area contributed by atoms with Gasteiger partial charge in [0.1, 0.15) is 5.69 Å². The number of pyridine rings is 1. The Balaban J connectivity index is 2.36. The predicted octanol–water partition coefficient (Wildman–Crippen LogP) is 4.70. The fraction of sp³-hybridized carbons (Fsp3) is 0.278. The molecule has 0 spiro atoms. The number of halogens is 2. The maximum absolute atomic E-state index is 12.4. The van der Waals surface area contributed by atoms with Crippen molar-refractivity contribution >= 4 is 39.3 Å². The molecule has 0 radical (unpaired) electrons. The van der Waals surface area contributed by atoms with E-state index in [-0.39, 0.29) is 30.9 Å². The molecule has 132 valence electrons. The van der Waals surface area contributed by atoms with Gasteiger partial charge in [0.25, 0.3) is 0 Å². The minimum Gasteiger partial charge on any atom is -0.504 e. The van der Waals surface area contributed by atoms with Gasteiger partial charge in [0.2, 0.25) is 0 Å². The van der Waals surface area contributed by atoms with Crippen LogP contribution >= 0.6 is 27.5 Å². The minimum absolute atomic E-state index is 0.0637. The van der Waals surface area contributed by atoms with Crippen LogP contribution in [0.2, 0.25) is 5.02 Å². The van der Waals surface area contributed by atoms with Crippen molar-refractivity contribution in [1.29, 1.82) is 0 Å². The van der Waals surface area contributed by atoms with Crippen molar-refractivity contribution in [3.05, 3.63) is 45.0 Å². The summed E-state index contributed by atoms with van der Waals surface area (Å²) in [6.07, 6.45) is -0.157. The molecule has 0 aliphatic rings. The smallest absolute Gasteiger partial charge is 0.306 e. The van der Waals surface area contributed by atoms with Gasteiger partial charge in [-0.2, -0.15) is 0 Å². The van der Waals surface area contributed by atoms with Gasteiger partial charge < -0.3 is 9.84 Å². The molecule has 1 heterocycles. The number of ether oxygens (including phenoxy) is 1. The molecule has 2 aromatic rings. The second kappa shape index (κ2) is 8.45. The Morgan fingerprint density at radius 2 is 2.04 bits per heavy atom. The van der Waals surface area contributed by atoms with E-state index >= 15 is 0 Å². The Morgan fingerprint density at radius 3 is 2.72 bits per heavy atom. The fourth-order valence-electron chi connectivity index (χ4n) is 2.29. The van der Waals surface area contributed by atoms with Gasteiger partial charge in [0.05, 0.1) is 23.2 Å². The number of benzene rings is 1. The zero-order chi connectivity index (χ0) is 18.6. The number of aromatic nitrogens is 1. The van der Waals surface area contributed by atoms with E-state index in [2.05, 4.69) is 20.9 Å². The molecular weight excluding hydrogens is 410 g/mol. The Kier molecular flexibility index (Phi) is 6.56. The second-order valence-electron chi connectivity index (χ2n) is 5.33. The van der Waals surface area contributed by atoms with Crippen LogP contribution in [-0.4, -0.2) is 28.4 Å². The molecule has 0 fully saturated rings. The van der Waals surface area contributed by atoms with Crippen LogP contribution in [0.1, 0.15) is 35.8 Å². The van der Waals surface area contributed by atoms with Crippen LogP contribution in [0.5, 0.6) is 5.75 Å². The number of ketones is 1. The molecule has 0 unspecified atom stereocenters. The summed E-state index contributed by atoms with van der Waals surface area (Å²) in [6.45, 7) is 3.80. The quantitative estimate of drug-likeness (QED) is 0.535. The van der Waals surface area contributed by atoms with Crippen molar-refractivity contribution in [2.45, 2.75) is 26.7 Å². The molecule has 2 rings (SSSR count). The summed E-state index contributed by atoms with van der Waals surface area (Å²) >= 11 is 9.39. The molecule has 1 N–H and O–H groups in total. The highest BCUT2D eigenvalue weighted by Gasteiger charge is 2.20. The number of hydrogen-bond acceptors (Lipinski definition) is 5. The highest BCUT2D eigenvalue weighted by Crippen LogP contribution is 2.34. The molecule has 1 aromatic carbocycles. The summed E-state index contributed by atoms with van der Waals surface area (Å²) in [5.74, 6) is -1.15. The van der Waals surface area contributed by atoms with E-state index in [1.165, 1.54) is 0 Å². The number of carbonyl (C=O) groups excluding carboxylic acids is 2. The topological polar surface area (TPSA) is 76.5 Å².